The summed E-state index contributed by atoms with van der Waals surface area (Å²) in [5.74, 6) is 0. The monoisotopic (exact) mass is 225 g/mol. The van der Waals surface area contributed by atoms with E-state index < -0.39 is 0 Å². The topological polar surface area (TPSA) is 28.2 Å². The Labute approximate surface area is 95.5 Å². The summed E-state index contributed by atoms with van der Waals surface area (Å²) in [6, 6.07) is 0. The van der Waals surface area contributed by atoms with Crippen LogP contribution in [-0.4, -0.2) is 25.1 Å². The molecule has 0 radical (unpaired) electrons. The molecule has 0 atom stereocenters. The summed E-state index contributed by atoms with van der Waals surface area (Å²) in [7, 11) is 1.96. The van der Waals surface area contributed by atoms with Crippen LogP contribution in [0.1, 0.15) is 31.4 Å². The van der Waals surface area contributed by atoms with E-state index in [4.69, 9.17) is 0 Å². The molecule has 1 aromatic heterocycles. The molecule has 4 heteroatoms. The van der Waals surface area contributed by atoms with Crippen molar-refractivity contribution in [3.8, 4) is 0 Å². The van der Waals surface area contributed by atoms with Gasteiger partial charge in [-0.1, -0.05) is 12.8 Å². The number of nitrogens with one attached hydrogen (secondary N) is 1. The summed E-state index contributed by atoms with van der Waals surface area (Å²) >= 11 is 1.78. The number of anilines is 1. The number of hydrogen-bond donors (Lipinski definition) is 1. The summed E-state index contributed by atoms with van der Waals surface area (Å²) in [5.41, 5.74) is 1.17. The summed E-state index contributed by atoms with van der Waals surface area (Å²) in [6.07, 6.45) is 5.40. The van der Waals surface area contributed by atoms with E-state index in [1.807, 2.05) is 7.05 Å². The van der Waals surface area contributed by atoms with Gasteiger partial charge in [0.25, 0.3) is 0 Å². The molecule has 1 saturated heterocycles. The lowest BCUT2D eigenvalue weighted by molar-refractivity contribution is 0.726. The number of hydrogen-bond acceptors (Lipinski definition) is 4. The zero-order valence-electron chi connectivity index (χ0n) is 9.33. The van der Waals surface area contributed by atoms with Crippen molar-refractivity contribution in [2.75, 3.05) is 25.0 Å². The van der Waals surface area contributed by atoms with E-state index in [1.165, 1.54) is 49.6 Å². The number of aromatic nitrogens is 1. The van der Waals surface area contributed by atoms with Crippen LogP contribution in [0.5, 0.6) is 0 Å². The summed E-state index contributed by atoms with van der Waals surface area (Å²) in [5, 5.41) is 6.51. The van der Waals surface area contributed by atoms with Crippen molar-refractivity contribution in [2.24, 2.45) is 0 Å². The highest BCUT2D eigenvalue weighted by molar-refractivity contribution is 7.13. The van der Waals surface area contributed by atoms with E-state index in [1.54, 1.807) is 11.3 Å². The average Bonchev–Trinajstić information content (AvgIpc) is 2.53. The summed E-state index contributed by atoms with van der Waals surface area (Å²) in [4.78, 5) is 7.09. The third-order valence-electron chi connectivity index (χ3n) is 2.77. The van der Waals surface area contributed by atoms with Crippen molar-refractivity contribution >= 4 is 16.5 Å². The molecule has 0 aromatic carbocycles. The van der Waals surface area contributed by atoms with Crippen LogP contribution >= 0.6 is 11.3 Å². The van der Waals surface area contributed by atoms with Crippen LogP contribution in [0.25, 0.3) is 0 Å². The number of rotatable bonds is 3. The Kier molecular flexibility index (Phi) is 3.97. The highest BCUT2D eigenvalue weighted by atomic mass is 32.1. The molecular weight excluding hydrogens is 206 g/mol. The first-order valence-corrected chi connectivity index (χ1v) is 6.62. The van der Waals surface area contributed by atoms with Crippen LogP contribution in [-0.2, 0) is 6.54 Å². The molecule has 1 fully saturated rings. The molecule has 2 heterocycles. The van der Waals surface area contributed by atoms with E-state index in [2.05, 4.69) is 20.6 Å². The predicted molar refractivity (Wildman–Crippen MR) is 65.6 cm³/mol. The molecule has 0 unspecified atom stereocenters. The normalized spacial score (nSPS) is 17.8. The largest absolute Gasteiger partial charge is 0.348 e. The average molecular weight is 225 g/mol. The Bertz CT molecular complexity index is 290. The second-order valence-electron chi connectivity index (χ2n) is 4.05. The Morgan fingerprint density at radius 2 is 2.07 bits per heavy atom. The first kappa shape index (κ1) is 10.9. The van der Waals surface area contributed by atoms with E-state index in [-0.39, 0.29) is 0 Å². The lowest BCUT2D eigenvalue weighted by Gasteiger charge is -2.18. The van der Waals surface area contributed by atoms with Gasteiger partial charge < -0.3 is 10.2 Å². The zero-order chi connectivity index (χ0) is 10.5. The van der Waals surface area contributed by atoms with Gasteiger partial charge in [0.1, 0.15) is 0 Å². The minimum atomic E-state index is 0.879. The molecular formula is C11H19N3S. The summed E-state index contributed by atoms with van der Waals surface area (Å²) in [6.45, 7) is 3.25. The number of nitrogens with zero attached hydrogens (tertiary/aromatic N) is 2. The lowest BCUT2D eigenvalue weighted by atomic mass is 10.2. The van der Waals surface area contributed by atoms with Gasteiger partial charge in [-0.25, -0.2) is 4.98 Å². The van der Waals surface area contributed by atoms with Gasteiger partial charge in [0.15, 0.2) is 5.13 Å². The van der Waals surface area contributed by atoms with E-state index in [0.717, 1.165) is 6.54 Å². The second kappa shape index (κ2) is 5.47. The quantitative estimate of drug-likeness (QED) is 0.855. The molecule has 1 aliphatic rings. The molecule has 0 amide bonds. The molecule has 1 N–H and O–H groups in total. The number of thiazole rings is 1. The molecule has 1 aromatic rings. The molecule has 2 rings (SSSR count). The van der Waals surface area contributed by atoms with Gasteiger partial charge in [-0.15, -0.1) is 11.3 Å². The van der Waals surface area contributed by atoms with Crippen LogP contribution in [0.4, 0.5) is 5.13 Å². The van der Waals surface area contributed by atoms with Gasteiger partial charge in [0.05, 0.1) is 5.69 Å². The maximum Gasteiger partial charge on any atom is 0.185 e. The van der Waals surface area contributed by atoms with Crippen molar-refractivity contribution in [2.45, 2.75) is 32.2 Å². The molecule has 3 nitrogen and oxygen atoms in total. The smallest absolute Gasteiger partial charge is 0.185 e. The summed E-state index contributed by atoms with van der Waals surface area (Å²) < 4.78 is 0. The van der Waals surface area contributed by atoms with Crippen LogP contribution in [0.2, 0.25) is 0 Å². The Hall–Kier alpha value is -0.610. The van der Waals surface area contributed by atoms with E-state index >= 15 is 0 Å². The van der Waals surface area contributed by atoms with Gasteiger partial charge in [0.2, 0.25) is 0 Å². The highest BCUT2D eigenvalue weighted by Crippen LogP contribution is 2.23. The van der Waals surface area contributed by atoms with Gasteiger partial charge in [-0.05, 0) is 19.9 Å². The molecule has 84 valence electrons. The lowest BCUT2D eigenvalue weighted by Crippen LogP contribution is -2.23. The fraction of sp³-hybridized carbons (Fsp3) is 0.727. The fourth-order valence-corrected chi connectivity index (χ4v) is 2.84. The Balaban J connectivity index is 2.00. The van der Waals surface area contributed by atoms with Gasteiger partial charge in [-0.3, -0.25) is 0 Å². The first-order valence-electron chi connectivity index (χ1n) is 5.74. The third kappa shape index (κ3) is 2.92. The zero-order valence-corrected chi connectivity index (χ0v) is 10.1. The minimum absolute atomic E-state index is 0.879. The van der Waals surface area contributed by atoms with Crippen molar-refractivity contribution in [1.82, 2.24) is 10.3 Å². The van der Waals surface area contributed by atoms with E-state index in [0.29, 0.717) is 0 Å². The van der Waals surface area contributed by atoms with Crippen molar-refractivity contribution in [3.63, 3.8) is 0 Å². The maximum atomic E-state index is 4.65. The Morgan fingerprint density at radius 1 is 1.33 bits per heavy atom. The SMILES string of the molecule is CNCc1csc(N2CCCCCC2)n1. The van der Waals surface area contributed by atoms with Crippen LogP contribution < -0.4 is 10.2 Å². The van der Waals surface area contributed by atoms with Crippen LogP contribution in [0.15, 0.2) is 5.38 Å². The van der Waals surface area contributed by atoms with Gasteiger partial charge in [-0.2, -0.15) is 0 Å². The Morgan fingerprint density at radius 3 is 2.73 bits per heavy atom. The molecule has 0 saturated carbocycles. The third-order valence-corrected chi connectivity index (χ3v) is 3.72. The first-order chi connectivity index (χ1) is 7.40. The van der Waals surface area contributed by atoms with Gasteiger partial charge >= 0.3 is 0 Å². The van der Waals surface area contributed by atoms with Crippen LogP contribution in [0.3, 0.4) is 0 Å². The molecule has 15 heavy (non-hydrogen) atoms. The maximum absolute atomic E-state index is 4.65. The standard InChI is InChI=1S/C11H19N3S/c1-12-8-10-9-15-11(13-10)14-6-4-2-3-5-7-14/h9,12H,2-8H2,1H3. The minimum Gasteiger partial charge on any atom is -0.348 e. The molecule has 0 aliphatic carbocycles. The van der Waals surface area contributed by atoms with Crippen molar-refractivity contribution < 1.29 is 0 Å². The highest BCUT2D eigenvalue weighted by Gasteiger charge is 2.12. The van der Waals surface area contributed by atoms with Crippen molar-refractivity contribution in [1.29, 1.82) is 0 Å². The second-order valence-corrected chi connectivity index (χ2v) is 4.89. The van der Waals surface area contributed by atoms with Crippen LogP contribution in [0, 0.1) is 0 Å². The van der Waals surface area contributed by atoms with Gasteiger partial charge in [0, 0.05) is 25.0 Å². The fourth-order valence-electron chi connectivity index (χ4n) is 1.97. The predicted octanol–water partition coefficient (Wildman–Crippen LogP) is 2.24. The van der Waals surface area contributed by atoms with E-state index in [9.17, 15) is 0 Å². The molecule has 1 aliphatic heterocycles. The molecule has 0 spiro atoms. The van der Waals surface area contributed by atoms with Crippen molar-refractivity contribution in [3.05, 3.63) is 11.1 Å². The molecule has 0 bridgehead atoms.